The first kappa shape index (κ1) is 14.1. The highest BCUT2D eigenvalue weighted by Gasteiger charge is 2.14. The fourth-order valence-electron chi connectivity index (χ4n) is 1.24. The van der Waals surface area contributed by atoms with Crippen molar-refractivity contribution in [1.82, 2.24) is 0 Å². The van der Waals surface area contributed by atoms with Gasteiger partial charge in [-0.2, -0.15) is 0 Å². The Morgan fingerprint density at radius 3 is 2.43 bits per heavy atom. The summed E-state index contributed by atoms with van der Waals surface area (Å²) < 4.78 is 15.5. The molecule has 0 aromatic heterocycles. The van der Waals surface area contributed by atoms with Crippen molar-refractivity contribution in [3.8, 4) is 0 Å². The lowest BCUT2D eigenvalue weighted by molar-refractivity contribution is 0.115. The van der Waals surface area contributed by atoms with Gasteiger partial charge in [-0.3, -0.25) is 4.57 Å². The van der Waals surface area contributed by atoms with E-state index in [-0.39, 0.29) is 0 Å². The largest absolute Gasteiger partial charge is 0.369 e. The highest BCUT2D eigenvalue weighted by atomic mass is 31.2. The van der Waals surface area contributed by atoms with Gasteiger partial charge in [-0.15, -0.1) is 0 Å². The third-order valence-electron chi connectivity index (χ3n) is 2.16. The van der Waals surface area contributed by atoms with E-state index in [1.807, 2.05) is 0 Å². The Balaban J connectivity index is 3.57. The summed E-state index contributed by atoms with van der Waals surface area (Å²) >= 11 is 0. The van der Waals surface area contributed by atoms with Crippen LogP contribution in [-0.2, 0) is 9.30 Å². The molecule has 0 aliphatic rings. The predicted octanol–water partition coefficient (Wildman–Crippen LogP) is 2.35. The first-order valence-electron chi connectivity index (χ1n) is 5.12. The average molecular weight is 224 g/mol. The van der Waals surface area contributed by atoms with Crippen molar-refractivity contribution < 1.29 is 19.1 Å². The molecule has 0 heterocycles. The Kier molecular flexibility index (Phi) is 7.47. The molecule has 0 aromatic carbocycles. The van der Waals surface area contributed by atoms with Gasteiger partial charge in [-0.25, -0.2) is 0 Å². The van der Waals surface area contributed by atoms with Crippen LogP contribution in [0.1, 0.15) is 39.5 Å². The minimum Gasteiger partial charge on any atom is -0.369 e. The molecule has 4 nitrogen and oxygen atoms in total. The first-order chi connectivity index (χ1) is 6.49. The van der Waals surface area contributed by atoms with Crippen LogP contribution in [0.2, 0.25) is 0 Å². The molecule has 0 saturated carbocycles. The van der Waals surface area contributed by atoms with Crippen LogP contribution in [0.25, 0.3) is 0 Å². The first-order valence-corrected chi connectivity index (χ1v) is 6.91. The van der Waals surface area contributed by atoms with Gasteiger partial charge in [0.1, 0.15) is 6.35 Å². The maximum Gasteiger partial charge on any atom is 0.350 e. The molecule has 0 aliphatic carbocycles. The molecular weight excluding hydrogens is 203 g/mol. The Morgan fingerprint density at radius 2 is 2.00 bits per heavy atom. The second-order valence-corrected chi connectivity index (χ2v) is 5.17. The molecule has 1 unspecified atom stereocenters. The molecule has 14 heavy (non-hydrogen) atoms. The third-order valence-corrected chi connectivity index (χ3v) is 2.68. The van der Waals surface area contributed by atoms with Crippen molar-refractivity contribution in [2.45, 2.75) is 39.5 Å². The molecule has 86 valence electrons. The molecule has 0 radical (unpaired) electrons. The van der Waals surface area contributed by atoms with Crippen molar-refractivity contribution in [3.63, 3.8) is 0 Å². The summed E-state index contributed by atoms with van der Waals surface area (Å²) in [6.45, 7) is 4.66. The quantitative estimate of drug-likeness (QED) is 0.621. The zero-order valence-electron chi connectivity index (χ0n) is 8.98. The van der Waals surface area contributed by atoms with E-state index < -0.39 is 13.9 Å². The molecule has 2 N–H and O–H groups in total. The van der Waals surface area contributed by atoms with Gasteiger partial charge in [0.15, 0.2) is 0 Å². The second kappa shape index (κ2) is 7.41. The Bertz CT molecular complexity index is 178. The van der Waals surface area contributed by atoms with E-state index in [4.69, 9.17) is 14.5 Å². The van der Waals surface area contributed by atoms with Crippen LogP contribution >= 0.6 is 7.60 Å². The van der Waals surface area contributed by atoms with E-state index >= 15 is 0 Å². The maximum absolute atomic E-state index is 10.5. The lowest BCUT2D eigenvalue weighted by Gasteiger charge is -2.14. The van der Waals surface area contributed by atoms with Crippen LogP contribution in [0.3, 0.4) is 0 Å². The summed E-state index contributed by atoms with van der Waals surface area (Å²) in [5.41, 5.74) is 0. The SMILES string of the molecule is CCCCC(CC)COCP(=O)(O)O. The second-order valence-electron chi connectivity index (χ2n) is 3.58. The molecule has 0 amide bonds. The van der Waals surface area contributed by atoms with Crippen LogP contribution in [0, 0.1) is 5.92 Å². The highest BCUT2D eigenvalue weighted by molar-refractivity contribution is 7.51. The van der Waals surface area contributed by atoms with Crippen molar-refractivity contribution in [3.05, 3.63) is 0 Å². The van der Waals surface area contributed by atoms with Gasteiger partial charge in [0, 0.05) is 0 Å². The van der Waals surface area contributed by atoms with E-state index in [0.29, 0.717) is 12.5 Å². The van der Waals surface area contributed by atoms with Crippen LogP contribution < -0.4 is 0 Å². The summed E-state index contributed by atoms with van der Waals surface area (Å²) in [4.78, 5) is 17.1. The fourth-order valence-corrected chi connectivity index (χ4v) is 1.58. The van der Waals surface area contributed by atoms with E-state index in [1.54, 1.807) is 0 Å². The van der Waals surface area contributed by atoms with Crippen LogP contribution in [0.4, 0.5) is 0 Å². The van der Waals surface area contributed by atoms with Crippen molar-refractivity contribution in [2.24, 2.45) is 5.92 Å². The molecule has 0 spiro atoms. The zero-order valence-corrected chi connectivity index (χ0v) is 9.87. The van der Waals surface area contributed by atoms with Gasteiger partial charge in [-0.05, 0) is 12.3 Å². The summed E-state index contributed by atoms with van der Waals surface area (Å²) in [5, 5.41) is 0. The Hall–Kier alpha value is 0.110. The van der Waals surface area contributed by atoms with Crippen molar-refractivity contribution in [2.75, 3.05) is 13.0 Å². The minimum atomic E-state index is -3.98. The predicted molar refractivity (Wildman–Crippen MR) is 56.2 cm³/mol. The summed E-state index contributed by atoms with van der Waals surface area (Å²) in [6.07, 6.45) is 3.93. The summed E-state index contributed by atoms with van der Waals surface area (Å²) in [5.74, 6) is 0.432. The minimum absolute atomic E-state index is 0.432. The zero-order chi connectivity index (χ0) is 11.0. The van der Waals surface area contributed by atoms with Gasteiger partial charge in [0.2, 0.25) is 0 Å². The number of ether oxygens (including phenoxy) is 1. The maximum atomic E-state index is 10.5. The molecule has 0 bridgehead atoms. The van der Waals surface area contributed by atoms with Gasteiger partial charge in [-0.1, -0.05) is 33.1 Å². The monoisotopic (exact) mass is 224 g/mol. The van der Waals surface area contributed by atoms with Crippen LogP contribution in [0.5, 0.6) is 0 Å². The van der Waals surface area contributed by atoms with E-state index in [1.165, 1.54) is 0 Å². The Morgan fingerprint density at radius 1 is 1.36 bits per heavy atom. The van der Waals surface area contributed by atoms with E-state index in [0.717, 1.165) is 25.7 Å². The number of hydrogen-bond acceptors (Lipinski definition) is 2. The van der Waals surface area contributed by atoms with E-state index in [9.17, 15) is 4.57 Å². The molecule has 0 aromatic rings. The molecular formula is C9H21O4P. The van der Waals surface area contributed by atoms with Crippen molar-refractivity contribution >= 4 is 7.60 Å². The van der Waals surface area contributed by atoms with Crippen LogP contribution in [0.15, 0.2) is 0 Å². The normalized spacial score (nSPS) is 14.3. The van der Waals surface area contributed by atoms with Gasteiger partial charge in [0.05, 0.1) is 6.61 Å². The van der Waals surface area contributed by atoms with Gasteiger partial charge >= 0.3 is 7.60 Å². The average Bonchev–Trinajstić information content (AvgIpc) is 2.09. The number of unbranched alkanes of at least 4 members (excludes halogenated alkanes) is 1. The lowest BCUT2D eigenvalue weighted by Crippen LogP contribution is -2.09. The topological polar surface area (TPSA) is 66.8 Å². The lowest BCUT2D eigenvalue weighted by atomic mass is 10.0. The Labute approximate surface area is 85.8 Å². The number of rotatable bonds is 8. The molecule has 0 saturated heterocycles. The third kappa shape index (κ3) is 8.70. The smallest absolute Gasteiger partial charge is 0.350 e. The molecule has 1 atom stereocenters. The summed E-state index contributed by atoms with van der Waals surface area (Å²) in [7, 11) is -3.98. The summed E-state index contributed by atoms with van der Waals surface area (Å²) in [6, 6.07) is 0. The number of hydrogen-bond donors (Lipinski definition) is 2. The standard InChI is InChI=1S/C9H21O4P/c1-3-5-6-9(4-2)7-13-8-14(10,11)12/h9H,3-8H2,1-2H3,(H2,10,11,12). The van der Waals surface area contributed by atoms with Gasteiger partial charge in [0.25, 0.3) is 0 Å². The molecule has 0 fully saturated rings. The van der Waals surface area contributed by atoms with Crippen LogP contribution in [-0.4, -0.2) is 22.7 Å². The van der Waals surface area contributed by atoms with Crippen molar-refractivity contribution in [1.29, 1.82) is 0 Å². The fraction of sp³-hybridized carbons (Fsp3) is 1.00. The van der Waals surface area contributed by atoms with E-state index in [2.05, 4.69) is 13.8 Å². The molecule has 5 heteroatoms. The molecule has 0 aliphatic heterocycles. The molecule has 0 rings (SSSR count). The van der Waals surface area contributed by atoms with Gasteiger partial charge < -0.3 is 14.5 Å². The highest BCUT2D eigenvalue weighted by Crippen LogP contribution is 2.34.